The van der Waals surface area contributed by atoms with Crippen LogP contribution in [0.2, 0.25) is 0 Å². The van der Waals surface area contributed by atoms with E-state index in [-0.39, 0.29) is 0 Å². The zero-order valence-corrected chi connectivity index (χ0v) is 8.36. The molecule has 0 aliphatic carbocycles. The first-order valence-electron chi connectivity index (χ1n) is 3.26. The van der Waals surface area contributed by atoms with E-state index in [4.69, 9.17) is 10.00 Å². The Labute approximate surface area is 75.0 Å². The lowest BCUT2D eigenvalue weighted by Crippen LogP contribution is -2.63. The molecule has 3 N–H and O–H groups in total. The zero-order chi connectivity index (χ0) is 11.1. The monoisotopic (exact) mass is 213 g/mol. The predicted molar refractivity (Wildman–Crippen MR) is 40.4 cm³/mol. The van der Waals surface area contributed by atoms with Crippen LogP contribution in [0.3, 0.4) is 0 Å². The minimum Gasteiger partial charge on any atom is -0.772 e. The minimum atomic E-state index is -5.39. The van der Waals surface area contributed by atoms with Gasteiger partial charge in [0, 0.05) is 0 Å². The molecule has 7 nitrogen and oxygen atoms in total. The summed E-state index contributed by atoms with van der Waals surface area (Å²) in [5.41, 5.74) is -3.22. The third kappa shape index (κ3) is 1.90. The standard InChI is InChI=1S/C5H12NO6P/c1-6(2,3)5(9,4(7)8)13(10,11)12/h9H,1-3H3,(H2-,7,8,10,11,12). The number of quaternary nitrogens is 1. The van der Waals surface area contributed by atoms with Crippen LogP contribution >= 0.6 is 7.60 Å². The van der Waals surface area contributed by atoms with E-state index in [1.54, 1.807) is 0 Å². The van der Waals surface area contributed by atoms with Crippen LogP contribution in [0.4, 0.5) is 0 Å². The summed E-state index contributed by atoms with van der Waals surface area (Å²) in [6.07, 6.45) is 0. The highest BCUT2D eigenvalue weighted by Crippen LogP contribution is 2.48. The molecule has 0 rings (SSSR count). The van der Waals surface area contributed by atoms with E-state index in [9.17, 15) is 19.4 Å². The van der Waals surface area contributed by atoms with Gasteiger partial charge in [-0.2, -0.15) is 0 Å². The zero-order valence-electron chi connectivity index (χ0n) is 7.46. The van der Waals surface area contributed by atoms with Gasteiger partial charge in [-0.3, -0.25) is 9.05 Å². The van der Waals surface area contributed by atoms with Crippen molar-refractivity contribution in [3.63, 3.8) is 0 Å². The first-order valence-corrected chi connectivity index (χ1v) is 4.83. The molecular formula is C5H12NO6P. The lowest BCUT2D eigenvalue weighted by molar-refractivity contribution is -0.924. The van der Waals surface area contributed by atoms with Crippen LogP contribution in [0.5, 0.6) is 0 Å². The highest BCUT2D eigenvalue weighted by Gasteiger charge is 2.58. The molecule has 2 atom stereocenters. The fraction of sp³-hybridized carbons (Fsp3) is 0.800. The van der Waals surface area contributed by atoms with E-state index in [1.807, 2.05) is 0 Å². The molecule has 13 heavy (non-hydrogen) atoms. The molecule has 0 radical (unpaired) electrons. The number of aliphatic carboxylic acids is 1. The molecule has 0 aromatic rings. The first kappa shape index (κ1) is 12.5. The maximum absolute atomic E-state index is 10.7. The Morgan fingerprint density at radius 3 is 1.77 bits per heavy atom. The lowest BCUT2D eigenvalue weighted by Gasteiger charge is -2.42. The summed E-state index contributed by atoms with van der Waals surface area (Å²) in [7, 11) is -1.99. The van der Waals surface area contributed by atoms with E-state index in [0.29, 0.717) is 0 Å². The van der Waals surface area contributed by atoms with E-state index in [1.165, 1.54) is 0 Å². The highest BCUT2D eigenvalue weighted by molar-refractivity contribution is 7.52. The van der Waals surface area contributed by atoms with Crippen LogP contribution in [-0.2, 0) is 9.36 Å². The number of aliphatic hydroxyl groups is 1. The molecule has 0 saturated carbocycles. The lowest BCUT2D eigenvalue weighted by atomic mass is 10.4. The van der Waals surface area contributed by atoms with Crippen molar-refractivity contribution in [2.45, 2.75) is 5.47 Å². The molecule has 2 unspecified atom stereocenters. The molecule has 0 aromatic heterocycles. The Bertz CT molecular complexity index is 265. The van der Waals surface area contributed by atoms with Gasteiger partial charge >= 0.3 is 11.4 Å². The van der Waals surface area contributed by atoms with Crippen molar-refractivity contribution in [1.82, 2.24) is 0 Å². The molecule has 0 bridgehead atoms. The van der Waals surface area contributed by atoms with Crippen LogP contribution in [0, 0.1) is 0 Å². The van der Waals surface area contributed by atoms with Gasteiger partial charge in [-0.1, -0.05) is 0 Å². The van der Waals surface area contributed by atoms with Gasteiger partial charge < -0.3 is 20.0 Å². The molecule has 8 heteroatoms. The summed E-state index contributed by atoms with van der Waals surface area (Å²) in [5.74, 6) is -2.01. The fourth-order valence-electron chi connectivity index (χ4n) is 0.787. The van der Waals surface area contributed by atoms with Crippen molar-refractivity contribution in [2.75, 3.05) is 21.1 Å². The summed E-state index contributed by atoms with van der Waals surface area (Å²) in [6.45, 7) is 0. The Morgan fingerprint density at radius 2 is 1.77 bits per heavy atom. The molecule has 0 aromatic carbocycles. The third-order valence-corrected chi connectivity index (χ3v) is 3.20. The smallest absolute Gasteiger partial charge is 0.404 e. The normalized spacial score (nSPS) is 21.7. The maximum atomic E-state index is 10.7. The number of carbonyl (C=O) groups is 1. The highest BCUT2D eigenvalue weighted by atomic mass is 31.2. The van der Waals surface area contributed by atoms with Crippen LogP contribution in [0.1, 0.15) is 0 Å². The quantitative estimate of drug-likeness (QED) is 0.282. The average molecular weight is 213 g/mol. The number of rotatable bonds is 3. The predicted octanol–water partition coefficient (Wildman–Crippen LogP) is -2.03. The average Bonchev–Trinajstić information content (AvgIpc) is 1.80. The Hall–Kier alpha value is -0.460. The van der Waals surface area contributed by atoms with Crippen LogP contribution in [0.25, 0.3) is 0 Å². The maximum Gasteiger partial charge on any atom is 0.404 e. The summed E-state index contributed by atoms with van der Waals surface area (Å²) >= 11 is 0. The number of carboxylic acid groups (broad SMARTS) is 1. The molecule has 0 fully saturated rings. The second-order valence-electron chi connectivity index (χ2n) is 3.47. The largest absolute Gasteiger partial charge is 0.772 e. The number of likely N-dealkylation sites (N-methyl/N-ethyl adjacent to an activating group) is 1. The Morgan fingerprint density at radius 1 is 1.46 bits per heavy atom. The van der Waals surface area contributed by atoms with E-state index in [2.05, 4.69) is 0 Å². The summed E-state index contributed by atoms with van der Waals surface area (Å²) in [6, 6.07) is 0. The Kier molecular flexibility index (Phi) is 2.93. The number of nitrogens with zero attached hydrogens (tertiary/aromatic N) is 1. The molecule has 78 valence electrons. The second-order valence-corrected chi connectivity index (χ2v) is 5.14. The molecular weight excluding hydrogens is 201 g/mol. The topological polar surface area (TPSA) is 118 Å². The number of hydrogen-bond acceptors (Lipinski definition) is 4. The van der Waals surface area contributed by atoms with E-state index in [0.717, 1.165) is 21.1 Å². The molecule has 0 aliphatic heterocycles. The number of hydrogen-bond donors (Lipinski definition) is 3. The Balaban J connectivity index is 5.49. The van der Waals surface area contributed by atoms with E-state index >= 15 is 0 Å². The van der Waals surface area contributed by atoms with E-state index < -0.39 is 23.5 Å². The summed E-state index contributed by atoms with van der Waals surface area (Å²) in [4.78, 5) is 29.8. The molecule has 0 amide bonds. The number of carboxylic acids is 1. The van der Waals surface area contributed by atoms with Gasteiger partial charge in [0.1, 0.15) is 0 Å². The summed E-state index contributed by atoms with van der Waals surface area (Å²) in [5, 5.41) is 17.8. The van der Waals surface area contributed by atoms with Crippen molar-refractivity contribution >= 4 is 13.6 Å². The SMILES string of the molecule is C[N+](C)(C)C(O)(C(=O)O)P(=O)([O-])O. The van der Waals surface area contributed by atoms with Gasteiger partial charge in [-0.25, -0.2) is 4.79 Å². The van der Waals surface area contributed by atoms with Gasteiger partial charge in [0.25, 0.3) is 0 Å². The van der Waals surface area contributed by atoms with Gasteiger partial charge in [-0.15, -0.1) is 0 Å². The molecule has 0 spiro atoms. The van der Waals surface area contributed by atoms with Gasteiger partial charge in [-0.05, 0) is 0 Å². The van der Waals surface area contributed by atoms with Crippen LogP contribution in [0.15, 0.2) is 0 Å². The van der Waals surface area contributed by atoms with Crippen molar-refractivity contribution in [2.24, 2.45) is 0 Å². The fourth-order valence-corrected chi connectivity index (χ4v) is 1.79. The van der Waals surface area contributed by atoms with Crippen LogP contribution in [-0.4, -0.2) is 52.2 Å². The van der Waals surface area contributed by atoms with Crippen LogP contribution < -0.4 is 4.89 Å². The van der Waals surface area contributed by atoms with Gasteiger partial charge in [0.05, 0.1) is 21.1 Å². The molecule has 0 aliphatic rings. The van der Waals surface area contributed by atoms with Crippen molar-refractivity contribution < 1.29 is 33.8 Å². The van der Waals surface area contributed by atoms with Crippen molar-refractivity contribution in [3.8, 4) is 0 Å². The third-order valence-electron chi connectivity index (χ3n) is 1.62. The summed E-state index contributed by atoms with van der Waals surface area (Å²) < 4.78 is 9.83. The van der Waals surface area contributed by atoms with Gasteiger partial charge in [0.2, 0.25) is 7.60 Å². The van der Waals surface area contributed by atoms with Gasteiger partial charge in [0.15, 0.2) is 0 Å². The first-order chi connectivity index (χ1) is 5.44. The molecule has 0 saturated heterocycles. The van der Waals surface area contributed by atoms with Crippen molar-refractivity contribution in [1.29, 1.82) is 0 Å². The minimum absolute atomic E-state index is 0.848. The van der Waals surface area contributed by atoms with Crippen molar-refractivity contribution in [3.05, 3.63) is 0 Å². The second kappa shape index (κ2) is 3.04. The molecule has 0 heterocycles.